The van der Waals surface area contributed by atoms with E-state index >= 15 is 0 Å². The van der Waals surface area contributed by atoms with Crippen molar-refractivity contribution in [2.75, 3.05) is 24.5 Å². The summed E-state index contributed by atoms with van der Waals surface area (Å²) in [5, 5.41) is 3.19. The van der Waals surface area contributed by atoms with Gasteiger partial charge in [-0.1, -0.05) is 49.4 Å². The fourth-order valence-electron chi connectivity index (χ4n) is 3.29. The first-order valence-corrected chi connectivity index (χ1v) is 9.62. The van der Waals surface area contributed by atoms with Gasteiger partial charge in [0.1, 0.15) is 0 Å². The SMILES string of the molecule is CC1CCN(c2ccc(CN=C(N)NCCc3ccccc3)cc2)CC1.I. The van der Waals surface area contributed by atoms with E-state index in [2.05, 4.69) is 70.7 Å². The Labute approximate surface area is 180 Å². The van der Waals surface area contributed by atoms with E-state index in [1.807, 2.05) is 6.07 Å². The molecule has 0 saturated carbocycles. The van der Waals surface area contributed by atoms with Crippen LogP contribution in [0.3, 0.4) is 0 Å². The number of halogens is 1. The quantitative estimate of drug-likeness (QED) is 0.372. The van der Waals surface area contributed by atoms with Crippen molar-refractivity contribution in [2.24, 2.45) is 16.6 Å². The number of rotatable bonds is 6. The van der Waals surface area contributed by atoms with E-state index in [1.165, 1.54) is 29.7 Å². The molecule has 27 heavy (non-hydrogen) atoms. The molecule has 0 unspecified atom stereocenters. The molecule has 0 atom stereocenters. The predicted molar refractivity (Wildman–Crippen MR) is 126 cm³/mol. The average molecular weight is 478 g/mol. The summed E-state index contributed by atoms with van der Waals surface area (Å²) >= 11 is 0. The molecule has 5 heteroatoms. The van der Waals surface area contributed by atoms with Gasteiger partial charge >= 0.3 is 0 Å². The zero-order valence-corrected chi connectivity index (χ0v) is 18.4. The average Bonchev–Trinajstić information content (AvgIpc) is 2.68. The van der Waals surface area contributed by atoms with Crippen LogP contribution in [-0.2, 0) is 13.0 Å². The van der Waals surface area contributed by atoms with E-state index in [1.54, 1.807) is 0 Å². The van der Waals surface area contributed by atoms with E-state index < -0.39 is 0 Å². The largest absolute Gasteiger partial charge is 0.372 e. The van der Waals surface area contributed by atoms with Crippen molar-refractivity contribution >= 4 is 35.6 Å². The maximum Gasteiger partial charge on any atom is 0.188 e. The number of nitrogens with two attached hydrogens (primary N) is 1. The fraction of sp³-hybridized carbons (Fsp3) is 0.409. The molecule has 3 N–H and O–H groups in total. The Morgan fingerprint density at radius 3 is 2.37 bits per heavy atom. The molecule has 1 aliphatic heterocycles. The number of benzene rings is 2. The zero-order chi connectivity index (χ0) is 18.2. The number of aliphatic imine (C=N–C) groups is 1. The molecule has 0 radical (unpaired) electrons. The molecule has 1 saturated heterocycles. The van der Waals surface area contributed by atoms with Crippen LogP contribution in [-0.4, -0.2) is 25.6 Å². The van der Waals surface area contributed by atoms with Crippen molar-refractivity contribution in [3.63, 3.8) is 0 Å². The second kappa shape index (κ2) is 11.2. The second-order valence-corrected chi connectivity index (χ2v) is 7.20. The smallest absolute Gasteiger partial charge is 0.188 e. The van der Waals surface area contributed by atoms with Crippen molar-refractivity contribution in [3.05, 3.63) is 65.7 Å². The fourth-order valence-corrected chi connectivity index (χ4v) is 3.29. The van der Waals surface area contributed by atoms with Crippen LogP contribution in [0.5, 0.6) is 0 Å². The highest BCUT2D eigenvalue weighted by Crippen LogP contribution is 2.23. The summed E-state index contributed by atoms with van der Waals surface area (Å²) in [6.45, 7) is 6.08. The maximum atomic E-state index is 5.98. The molecule has 2 aromatic carbocycles. The van der Waals surface area contributed by atoms with Crippen molar-refractivity contribution in [3.8, 4) is 0 Å². The molecule has 1 fully saturated rings. The molecule has 0 bridgehead atoms. The number of hydrogen-bond acceptors (Lipinski definition) is 2. The summed E-state index contributed by atoms with van der Waals surface area (Å²) in [5.41, 5.74) is 9.78. The van der Waals surface area contributed by atoms with Gasteiger partial charge in [-0.2, -0.15) is 0 Å². The number of hydrogen-bond donors (Lipinski definition) is 2. The highest BCUT2D eigenvalue weighted by Gasteiger charge is 2.15. The second-order valence-electron chi connectivity index (χ2n) is 7.20. The van der Waals surface area contributed by atoms with Gasteiger partial charge in [0.25, 0.3) is 0 Å². The van der Waals surface area contributed by atoms with Crippen LogP contribution in [0.25, 0.3) is 0 Å². The summed E-state index contributed by atoms with van der Waals surface area (Å²) < 4.78 is 0. The molecular formula is C22H31IN4. The lowest BCUT2D eigenvalue weighted by Gasteiger charge is -2.32. The Morgan fingerprint density at radius 2 is 1.70 bits per heavy atom. The molecule has 146 valence electrons. The highest BCUT2D eigenvalue weighted by atomic mass is 127. The lowest BCUT2D eigenvalue weighted by atomic mass is 9.99. The van der Waals surface area contributed by atoms with Crippen molar-refractivity contribution in [2.45, 2.75) is 32.7 Å². The van der Waals surface area contributed by atoms with Gasteiger partial charge in [-0.3, -0.25) is 0 Å². The molecular weight excluding hydrogens is 447 g/mol. The van der Waals surface area contributed by atoms with E-state index in [0.717, 1.165) is 32.0 Å². The number of anilines is 1. The standard InChI is InChI=1S/C22H30N4.HI/c1-18-12-15-26(16-13-18)21-9-7-20(8-10-21)17-25-22(23)24-14-11-19-5-3-2-4-6-19;/h2-10,18H,11-17H2,1H3,(H3,23,24,25);1H. The van der Waals surface area contributed by atoms with Crippen molar-refractivity contribution in [1.29, 1.82) is 0 Å². The molecule has 0 aliphatic carbocycles. The minimum absolute atomic E-state index is 0. The summed E-state index contributed by atoms with van der Waals surface area (Å²) in [5.74, 6) is 1.37. The lowest BCUT2D eigenvalue weighted by molar-refractivity contribution is 0.438. The number of piperidine rings is 1. The summed E-state index contributed by atoms with van der Waals surface area (Å²) in [7, 11) is 0. The Kier molecular flexibility index (Phi) is 8.91. The van der Waals surface area contributed by atoms with E-state index in [9.17, 15) is 0 Å². The highest BCUT2D eigenvalue weighted by molar-refractivity contribution is 14.0. The van der Waals surface area contributed by atoms with E-state index in [4.69, 9.17) is 5.73 Å². The zero-order valence-electron chi connectivity index (χ0n) is 16.1. The molecule has 0 spiro atoms. The Morgan fingerprint density at radius 1 is 1.04 bits per heavy atom. The summed E-state index contributed by atoms with van der Waals surface area (Å²) in [6, 6.07) is 19.1. The molecule has 0 amide bonds. The van der Waals surface area contributed by atoms with Gasteiger partial charge in [0.15, 0.2) is 5.96 Å². The summed E-state index contributed by atoms with van der Waals surface area (Å²) in [4.78, 5) is 6.93. The van der Waals surface area contributed by atoms with E-state index in [0.29, 0.717) is 12.5 Å². The Hall–Kier alpha value is -1.76. The van der Waals surface area contributed by atoms with Gasteiger partial charge in [-0.15, -0.1) is 24.0 Å². The van der Waals surface area contributed by atoms with Crippen LogP contribution in [0.1, 0.15) is 30.9 Å². The van der Waals surface area contributed by atoms with Crippen LogP contribution in [0.15, 0.2) is 59.6 Å². The van der Waals surface area contributed by atoms with Crippen molar-refractivity contribution in [1.82, 2.24) is 5.32 Å². The van der Waals surface area contributed by atoms with Crippen LogP contribution < -0.4 is 16.0 Å². The predicted octanol–water partition coefficient (Wildman–Crippen LogP) is 4.19. The molecule has 3 rings (SSSR count). The molecule has 4 nitrogen and oxygen atoms in total. The third kappa shape index (κ3) is 7.05. The molecule has 1 heterocycles. The Balaban J connectivity index is 0.00000261. The van der Waals surface area contributed by atoms with Gasteiger partial charge in [0.05, 0.1) is 6.54 Å². The number of guanidine groups is 1. The lowest BCUT2D eigenvalue weighted by Crippen LogP contribution is -2.33. The van der Waals surface area contributed by atoms with Crippen LogP contribution in [0.2, 0.25) is 0 Å². The summed E-state index contributed by atoms with van der Waals surface area (Å²) in [6.07, 6.45) is 3.52. The topological polar surface area (TPSA) is 53.6 Å². The van der Waals surface area contributed by atoms with Crippen LogP contribution >= 0.6 is 24.0 Å². The first kappa shape index (κ1) is 21.5. The van der Waals surface area contributed by atoms with E-state index in [-0.39, 0.29) is 24.0 Å². The Bertz CT molecular complexity index is 692. The van der Waals surface area contributed by atoms with Gasteiger partial charge in [0, 0.05) is 25.3 Å². The van der Waals surface area contributed by atoms with Gasteiger partial charge in [-0.25, -0.2) is 4.99 Å². The molecule has 1 aliphatic rings. The number of nitrogens with zero attached hydrogens (tertiary/aromatic N) is 2. The molecule has 2 aromatic rings. The number of nitrogens with one attached hydrogen (secondary N) is 1. The van der Waals surface area contributed by atoms with Gasteiger partial charge < -0.3 is 16.0 Å². The molecule has 0 aromatic heterocycles. The van der Waals surface area contributed by atoms with Crippen molar-refractivity contribution < 1.29 is 0 Å². The first-order valence-electron chi connectivity index (χ1n) is 9.62. The third-order valence-corrected chi connectivity index (χ3v) is 5.08. The third-order valence-electron chi connectivity index (χ3n) is 5.08. The van der Waals surface area contributed by atoms with Gasteiger partial charge in [-0.05, 0) is 48.4 Å². The van der Waals surface area contributed by atoms with Gasteiger partial charge in [0.2, 0.25) is 0 Å². The minimum Gasteiger partial charge on any atom is -0.372 e. The monoisotopic (exact) mass is 478 g/mol. The van der Waals surface area contributed by atoms with Crippen LogP contribution in [0.4, 0.5) is 5.69 Å². The minimum atomic E-state index is 0. The van der Waals surface area contributed by atoms with Crippen LogP contribution in [0, 0.1) is 5.92 Å². The normalized spacial score (nSPS) is 15.3. The maximum absolute atomic E-state index is 5.98. The first-order chi connectivity index (χ1) is 12.7.